The summed E-state index contributed by atoms with van der Waals surface area (Å²) in [7, 11) is 5.15. The summed E-state index contributed by atoms with van der Waals surface area (Å²) in [5.74, 6) is -1.56. The molecular weight excluding hydrogens is 362 g/mol. The first-order valence-electron chi connectivity index (χ1n) is 7.06. The number of carboxylic acid groups (broad SMARTS) is 1. The smallest absolute Gasteiger partial charge is 0.329 e. The maximum Gasteiger partial charge on any atom is 0.329 e. The molecule has 9 heteroatoms. The average Bonchev–Trinajstić information content (AvgIpc) is 3.12. The van der Waals surface area contributed by atoms with Gasteiger partial charge >= 0.3 is 5.97 Å². The van der Waals surface area contributed by atoms with Crippen molar-refractivity contribution in [2.24, 2.45) is 5.92 Å². The molecule has 1 aliphatic heterocycles. The van der Waals surface area contributed by atoms with Gasteiger partial charge in [0.1, 0.15) is 11.6 Å². The van der Waals surface area contributed by atoms with Crippen molar-refractivity contribution in [2.45, 2.75) is 50.7 Å². The van der Waals surface area contributed by atoms with Crippen LogP contribution in [0.4, 0.5) is 0 Å². The van der Waals surface area contributed by atoms with E-state index in [4.69, 9.17) is 13.1 Å². The molecule has 0 spiro atoms. The Morgan fingerprint density at radius 1 is 1.41 bits per heavy atom. The third-order valence-electron chi connectivity index (χ3n) is 4.20. The third-order valence-corrected chi connectivity index (χ3v) is 4.20. The van der Waals surface area contributed by atoms with Gasteiger partial charge in [-0.05, 0) is 25.2 Å². The molecule has 2 amide bonds. The van der Waals surface area contributed by atoms with Gasteiger partial charge in [0.25, 0.3) is 0 Å². The van der Waals surface area contributed by atoms with Gasteiger partial charge in [-0.25, -0.2) is 4.79 Å². The fourth-order valence-electron chi connectivity index (χ4n) is 2.68. The minimum Gasteiger partial charge on any atom is -0.690 e. The van der Waals surface area contributed by atoms with Gasteiger partial charge in [-0.1, -0.05) is 19.9 Å². The van der Waals surface area contributed by atoms with Crippen LogP contribution in [-0.2, 0) is 47.1 Å². The van der Waals surface area contributed by atoms with Gasteiger partial charge in [0.15, 0.2) is 0 Å². The molecule has 0 bridgehead atoms. The molecule has 1 saturated heterocycles. The molecule has 3 radical (unpaired) electrons. The van der Waals surface area contributed by atoms with Crippen LogP contribution in [-0.4, -0.2) is 59.9 Å². The number of rotatable bonds is 5. The van der Waals surface area contributed by atoms with E-state index in [1.165, 1.54) is 4.90 Å². The summed E-state index contributed by atoms with van der Waals surface area (Å²) in [5.41, 5.74) is -1.14. The van der Waals surface area contributed by atoms with Crippen LogP contribution in [0.5, 0.6) is 0 Å². The molecule has 1 heterocycles. The number of hydrogen-bond donors (Lipinski definition) is 2. The molecule has 1 aliphatic carbocycles. The Balaban J connectivity index is 0.00000242. The monoisotopic (exact) mass is 381 g/mol. The van der Waals surface area contributed by atoms with E-state index < -0.39 is 29.5 Å². The minimum absolute atomic E-state index is 0. The summed E-state index contributed by atoms with van der Waals surface area (Å²) in [6.07, 6.45) is 1.38. The van der Waals surface area contributed by atoms with Crippen molar-refractivity contribution in [1.29, 1.82) is 0 Å². The first kappa shape index (κ1) is 19.6. The second-order valence-electron chi connectivity index (χ2n) is 6.05. The molecule has 3 atom stereocenters. The van der Waals surface area contributed by atoms with E-state index in [0.717, 1.165) is 0 Å². The quantitative estimate of drug-likeness (QED) is 0.645. The number of nitrogens with one attached hydrogen (secondary N) is 1. The number of nitrogens with zero attached hydrogens (tertiary/aromatic N) is 2. The zero-order chi connectivity index (χ0) is 15.8. The van der Waals surface area contributed by atoms with E-state index in [1.807, 2.05) is 6.92 Å². The fourth-order valence-corrected chi connectivity index (χ4v) is 2.68. The van der Waals surface area contributed by atoms with Crippen molar-refractivity contribution >= 4 is 25.8 Å². The molecule has 7 nitrogen and oxygen atoms in total. The Bertz CT molecular complexity index is 472. The number of hydrogen-bond acceptors (Lipinski definition) is 3. The first-order valence-corrected chi connectivity index (χ1v) is 7.06. The molecule has 117 valence electrons. The van der Waals surface area contributed by atoms with Crippen molar-refractivity contribution in [1.82, 2.24) is 10.2 Å². The van der Waals surface area contributed by atoms with Crippen LogP contribution in [0.2, 0.25) is 0 Å². The number of carboxylic acids is 1. The van der Waals surface area contributed by atoms with Gasteiger partial charge in [-0.3, -0.25) is 9.59 Å². The Kier molecular flexibility index (Phi) is 6.59. The van der Waals surface area contributed by atoms with Gasteiger partial charge in [0.05, 0.1) is 0 Å². The van der Waals surface area contributed by atoms with Crippen LogP contribution in [0.3, 0.4) is 0 Å². The largest absolute Gasteiger partial charge is 0.690 e. The molecular formula is C13H19BN3O4Y-. The minimum atomic E-state index is -1.14. The molecule has 2 aliphatic rings. The van der Waals surface area contributed by atoms with Gasteiger partial charge in [0, 0.05) is 39.3 Å². The van der Waals surface area contributed by atoms with Crippen molar-refractivity contribution in [2.75, 3.05) is 6.54 Å². The Labute approximate surface area is 156 Å². The third kappa shape index (κ3) is 3.89. The van der Waals surface area contributed by atoms with Crippen LogP contribution < -0.4 is 5.32 Å². The van der Waals surface area contributed by atoms with Crippen LogP contribution in [0, 0.1) is 5.92 Å². The van der Waals surface area contributed by atoms with Crippen LogP contribution in [0.1, 0.15) is 33.1 Å². The summed E-state index contributed by atoms with van der Waals surface area (Å²) in [5, 5.41) is 15.1. The Morgan fingerprint density at radius 2 is 2.00 bits per heavy atom. The number of carbonyl (C=O) groups is 3. The summed E-state index contributed by atoms with van der Waals surface area (Å²) in [6, 6.07) is -1.35. The average molecular weight is 381 g/mol. The molecule has 0 aromatic heterocycles. The summed E-state index contributed by atoms with van der Waals surface area (Å²) in [4.78, 5) is 37.2. The normalized spacial score (nSPS) is 26.7. The molecule has 0 unspecified atom stereocenters. The van der Waals surface area contributed by atoms with E-state index in [2.05, 4.69) is 10.5 Å². The van der Waals surface area contributed by atoms with Crippen LogP contribution >= 0.6 is 0 Å². The molecule has 2 fully saturated rings. The number of carbonyl (C=O) groups excluding carboxylic acids is 2. The first-order chi connectivity index (χ1) is 9.80. The van der Waals surface area contributed by atoms with E-state index in [9.17, 15) is 14.4 Å². The topological polar surface area (TPSA) is 101 Å². The Hall–Kier alpha value is -0.461. The van der Waals surface area contributed by atoms with Gasteiger partial charge in [-0.15, -0.1) is 7.98 Å². The van der Waals surface area contributed by atoms with Crippen molar-refractivity contribution < 1.29 is 52.2 Å². The molecule has 0 aromatic rings. The second-order valence-corrected chi connectivity index (χ2v) is 6.05. The fraction of sp³-hybridized carbons (Fsp3) is 0.769. The van der Waals surface area contributed by atoms with Crippen molar-refractivity contribution in [3.8, 4) is 0 Å². The zero-order valence-electron chi connectivity index (χ0n) is 12.8. The van der Waals surface area contributed by atoms with Crippen LogP contribution in [0.25, 0.3) is 5.23 Å². The van der Waals surface area contributed by atoms with E-state index in [-0.39, 0.29) is 44.5 Å². The zero-order valence-corrected chi connectivity index (χ0v) is 15.6. The maximum atomic E-state index is 12.3. The molecule has 0 aromatic carbocycles. The summed E-state index contributed by atoms with van der Waals surface area (Å²) < 4.78 is 0. The van der Waals surface area contributed by atoms with Gasteiger partial charge < -0.3 is 20.6 Å². The van der Waals surface area contributed by atoms with E-state index in [1.54, 1.807) is 6.92 Å². The summed E-state index contributed by atoms with van der Waals surface area (Å²) >= 11 is 0. The van der Waals surface area contributed by atoms with Crippen molar-refractivity contribution in [3.05, 3.63) is 5.23 Å². The van der Waals surface area contributed by atoms with Crippen molar-refractivity contribution in [3.63, 3.8) is 0 Å². The van der Waals surface area contributed by atoms with E-state index in [0.29, 0.717) is 25.8 Å². The van der Waals surface area contributed by atoms with Gasteiger partial charge in [-0.2, -0.15) is 0 Å². The maximum absolute atomic E-state index is 12.3. The van der Waals surface area contributed by atoms with Crippen LogP contribution in [0.15, 0.2) is 0 Å². The number of amides is 2. The SMILES string of the molecule is [B][N-][C@@H](C)C(=O)N1C[C@H](C)C[C@H]1C(=O)NC1(C(=O)O)CC1.[Y]. The number of likely N-dealkylation sites (tertiary alicyclic amines) is 1. The molecule has 1 saturated carbocycles. The molecule has 2 rings (SSSR count). The van der Waals surface area contributed by atoms with Gasteiger partial charge in [0.2, 0.25) is 11.8 Å². The van der Waals surface area contributed by atoms with E-state index >= 15 is 0 Å². The summed E-state index contributed by atoms with van der Waals surface area (Å²) in [6.45, 7) is 3.97. The Morgan fingerprint density at radius 3 is 2.45 bits per heavy atom. The number of aliphatic carboxylic acids is 1. The molecule has 2 N–H and O–H groups in total. The second kappa shape index (κ2) is 7.41. The standard InChI is InChI=1S/C13H19BN3O4.Y/c1-7-5-9(17(6-7)11(19)8(2)16-14)10(18)15-13(3-4-13)12(20)21;/h7-9H,3-6H2,1-2H3,(H,15,18)(H,20,21);/q-1;/t7-,8+,9+;/m1./s1. The molecule has 22 heavy (non-hydrogen) atoms. The predicted molar refractivity (Wildman–Crippen MR) is 75.6 cm³/mol. The predicted octanol–water partition coefficient (Wildman–Crippen LogP) is -0.200.